The quantitative estimate of drug-likeness (QED) is 0.768. The number of nitrogens with zero attached hydrogens (tertiary/aromatic N) is 2. The maximum atomic E-state index is 12.5. The van der Waals surface area contributed by atoms with Crippen LogP contribution in [0.3, 0.4) is 0 Å². The summed E-state index contributed by atoms with van der Waals surface area (Å²) in [5, 5.41) is 2.88. The van der Waals surface area contributed by atoms with Crippen molar-refractivity contribution in [3.8, 4) is 5.75 Å². The zero-order chi connectivity index (χ0) is 20.8. The summed E-state index contributed by atoms with van der Waals surface area (Å²) in [7, 11) is 0. The lowest BCUT2D eigenvalue weighted by Gasteiger charge is -2.21. The average molecular weight is 396 g/mol. The first-order valence-corrected chi connectivity index (χ1v) is 10.1. The molecule has 1 aliphatic rings. The van der Waals surface area contributed by atoms with Gasteiger partial charge >= 0.3 is 0 Å². The molecule has 0 aliphatic carbocycles. The van der Waals surface area contributed by atoms with E-state index in [0.717, 1.165) is 24.5 Å². The molecule has 6 heteroatoms. The van der Waals surface area contributed by atoms with Crippen molar-refractivity contribution in [1.29, 1.82) is 0 Å². The summed E-state index contributed by atoms with van der Waals surface area (Å²) in [6.45, 7) is 7.49. The Labute approximate surface area is 172 Å². The summed E-state index contributed by atoms with van der Waals surface area (Å²) in [6.07, 6.45) is 2.53. The molecule has 3 rings (SSSR count). The minimum absolute atomic E-state index is 0.0480. The number of amides is 2. The van der Waals surface area contributed by atoms with Gasteiger partial charge in [0.25, 0.3) is 0 Å². The molecule has 0 unspecified atom stereocenters. The van der Waals surface area contributed by atoms with Crippen molar-refractivity contribution in [2.24, 2.45) is 0 Å². The fraction of sp³-hybridized carbons (Fsp3) is 0.391. The van der Waals surface area contributed by atoms with E-state index < -0.39 is 0 Å². The van der Waals surface area contributed by atoms with Crippen LogP contribution in [0.5, 0.6) is 5.75 Å². The summed E-state index contributed by atoms with van der Waals surface area (Å²) in [5.74, 6) is 0.300. The Morgan fingerprint density at radius 1 is 1.03 bits per heavy atom. The topological polar surface area (TPSA) is 61.9 Å². The van der Waals surface area contributed by atoms with Gasteiger partial charge in [-0.15, -0.1) is 0 Å². The highest BCUT2D eigenvalue weighted by atomic mass is 16.5. The van der Waals surface area contributed by atoms with Crippen molar-refractivity contribution in [3.63, 3.8) is 0 Å². The van der Waals surface area contributed by atoms with Gasteiger partial charge in [-0.05, 0) is 75.2 Å². The van der Waals surface area contributed by atoms with Gasteiger partial charge in [0.15, 0.2) is 0 Å². The predicted molar refractivity (Wildman–Crippen MR) is 117 cm³/mol. The number of benzene rings is 2. The normalized spacial score (nSPS) is 13.4. The van der Waals surface area contributed by atoms with E-state index in [2.05, 4.69) is 10.2 Å². The van der Waals surface area contributed by atoms with Gasteiger partial charge in [0.1, 0.15) is 12.3 Å². The Morgan fingerprint density at radius 3 is 2.21 bits per heavy atom. The van der Waals surface area contributed by atoms with Crippen molar-refractivity contribution < 1.29 is 14.3 Å². The summed E-state index contributed by atoms with van der Waals surface area (Å²) < 4.78 is 5.63. The largest absolute Gasteiger partial charge is 0.491 e. The lowest BCUT2D eigenvalue weighted by atomic mass is 10.2. The summed E-state index contributed by atoms with van der Waals surface area (Å²) >= 11 is 0. The van der Waals surface area contributed by atoms with Gasteiger partial charge in [-0.1, -0.05) is 0 Å². The van der Waals surface area contributed by atoms with Crippen LogP contribution < -0.4 is 19.9 Å². The number of hydrogen-bond acceptors (Lipinski definition) is 4. The van der Waals surface area contributed by atoms with E-state index >= 15 is 0 Å². The molecule has 6 nitrogen and oxygen atoms in total. The van der Waals surface area contributed by atoms with Crippen LogP contribution in [0.25, 0.3) is 0 Å². The molecule has 2 aromatic rings. The molecule has 0 spiro atoms. The van der Waals surface area contributed by atoms with E-state index in [4.69, 9.17) is 4.74 Å². The highest BCUT2D eigenvalue weighted by Gasteiger charge is 2.17. The molecule has 0 atom stereocenters. The highest BCUT2D eigenvalue weighted by molar-refractivity contribution is 6.01. The lowest BCUT2D eigenvalue weighted by molar-refractivity contribution is -0.120. The minimum Gasteiger partial charge on any atom is -0.491 e. The second-order valence-electron chi connectivity index (χ2n) is 7.55. The molecule has 1 heterocycles. The van der Waals surface area contributed by atoms with Crippen LogP contribution in [-0.2, 0) is 9.59 Å². The number of rotatable bonds is 7. The maximum absolute atomic E-state index is 12.5. The van der Waals surface area contributed by atoms with E-state index in [-0.39, 0.29) is 24.5 Å². The molecule has 0 aromatic heterocycles. The summed E-state index contributed by atoms with van der Waals surface area (Å²) in [6, 6.07) is 15.0. The first kappa shape index (κ1) is 20.7. The van der Waals surface area contributed by atoms with E-state index in [9.17, 15) is 9.59 Å². The van der Waals surface area contributed by atoms with E-state index in [1.807, 2.05) is 38.1 Å². The summed E-state index contributed by atoms with van der Waals surface area (Å²) in [4.78, 5) is 28.4. The van der Waals surface area contributed by atoms with Crippen LogP contribution >= 0.6 is 0 Å². The Hall–Kier alpha value is -3.02. The number of carbonyl (C=O) groups is 2. The van der Waals surface area contributed by atoms with Gasteiger partial charge in [-0.25, -0.2) is 0 Å². The van der Waals surface area contributed by atoms with Crippen LogP contribution in [0.15, 0.2) is 48.5 Å². The molecule has 1 aliphatic heterocycles. The molecule has 1 saturated heterocycles. The number of anilines is 3. The zero-order valence-electron chi connectivity index (χ0n) is 17.4. The molecule has 1 fully saturated rings. The molecule has 1 N–H and O–H groups in total. The number of ether oxygens (including phenoxy) is 1. The van der Waals surface area contributed by atoms with Gasteiger partial charge in [0.05, 0.1) is 6.10 Å². The summed E-state index contributed by atoms with van der Waals surface area (Å²) in [5.41, 5.74) is 2.56. The number of nitrogens with one attached hydrogen (secondary N) is 1. The van der Waals surface area contributed by atoms with Crippen LogP contribution in [-0.4, -0.2) is 37.6 Å². The first-order chi connectivity index (χ1) is 13.9. The lowest BCUT2D eigenvalue weighted by Crippen LogP contribution is -2.36. The second kappa shape index (κ2) is 9.45. The van der Waals surface area contributed by atoms with E-state index in [1.165, 1.54) is 30.4 Å². The Morgan fingerprint density at radius 2 is 1.66 bits per heavy atom. The van der Waals surface area contributed by atoms with Gasteiger partial charge < -0.3 is 19.9 Å². The van der Waals surface area contributed by atoms with Crippen molar-refractivity contribution >= 4 is 28.9 Å². The number of carbonyl (C=O) groups excluding carboxylic acids is 2. The molecular formula is C23H29N3O3. The van der Waals surface area contributed by atoms with Crippen LogP contribution in [0.4, 0.5) is 17.1 Å². The van der Waals surface area contributed by atoms with Crippen molar-refractivity contribution in [2.75, 3.05) is 34.8 Å². The molecular weight excluding hydrogens is 366 g/mol. The smallest absolute Gasteiger partial charge is 0.244 e. The highest BCUT2D eigenvalue weighted by Crippen LogP contribution is 2.23. The zero-order valence-corrected chi connectivity index (χ0v) is 17.4. The van der Waals surface area contributed by atoms with Gasteiger partial charge in [0.2, 0.25) is 11.8 Å². The van der Waals surface area contributed by atoms with Crippen molar-refractivity contribution in [2.45, 2.75) is 39.7 Å². The second-order valence-corrected chi connectivity index (χ2v) is 7.55. The third-order valence-electron chi connectivity index (χ3n) is 4.82. The third-order valence-corrected chi connectivity index (χ3v) is 4.82. The predicted octanol–water partition coefficient (Wildman–Crippen LogP) is 4.07. The monoisotopic (exact) mass is 395 g/mol. The Kier molecular flexibility index (Phi) is 6.75. The molecule has 0 radical (unpaired) electrons. The molecule has 2 aromatic carbocycles. The molecule has 2 amide bonds. The fourth-order valence-electron chi connectivity index (χ4n) is 3.44. The molecule has 0 bridgehead atoms. The minimum atomic E-state index is -0.239. The SMILES string of the molecule is CC(=O)N(CC(=O)Nc1ccc(N2CCCC2)cc1)c1ccc(OC(C)C)cc1. The van der Waals surface area contributed by atoms with Gasteiger partial charge in [-0.3, -0.25) is 9.59 Å². The maximum Gasteiger partial charge on any atom is 0.244 e. The number of hydrogen-bond donors (Lipinski definition) is 1. The Bertz CT molecular complexity index is 825. The Balaban J connectivity index is 1.61. The van der Waals surface area contributed by atoms with Gasteiger partial charge in [-0.2, -0.15) is 0 Å². The molecule has 29 heavy (non-hydrogen) atoms. The van der Waals surface area contributed by atoms with Crippen molar-refractivity contribution in [1.82, 2.24) is 0 Å². The standard InChI is InChI=1S/C23H29N3O3/c1-17(2)29-22-12-10-21(11-13-22)26(18(3)27)16-23(28)24-19-6-8-20(9-7-19)25-14-4-5-15-25/h6-13,17H,4-5,14-16H2,1-3H3,(H,24,28). The molecule has 0 saturated carbocycles. The van der Waals surface area contributed by atoms with Crippen molar-refractivity contribution in [3.05, 3.63) is 48.5 Å². The average Bonchev–Trinajstić information content (AvgIpc) is 3.22. The van der Waals surface area contributed by atoms with Crippen LogP contribution in [0.2, 0.25) is 0 Å². The van der Waals surface area contributed by atoms with Crippen LogP contribution in [0.1, 0.15) is 33.6 Å². The van der Waals surface area contributed by atoms with Gasteiger partial charge in [0, 0.05) is 37.1 Å². The first-order valence-electron chi connectivity index (χ1n) is 10.1. The van der Waals surface area contributed by atoms with Crippen LogP contribution in [0, 0.1) is 0 Å². The van der Waals surface area contributed by atoms with E-state index in [1.54, 1.807) is 24.3 Å². The fourth-order valence-corrected chi connectivity index (χ4v) is 3.44. The third kappa shape index (κ3) is 5.73. The van der Waals surface area contributed by atoms with E-state index in [0.29, 0.717) is 5.69 Å². The molecule has 154 valence electrons.